The zero-order valence-electron chi connectivity index (χ0n) is 11.0. The summed E-state index contributed by atoms with van der Waals surface area (Å²) in [7, 11) is 1.62. The molecule has 1 aliphatic rings. The molecule has 1 aliphatic carbocycles. The van der Waals surface area contributed by atoms with Crippen LogP contribution < -0.4 is 4.74 Å². The topological polar surface area (TPSA) is 71.9 Å². The first kappa shape index (κ1) is 13.3. The third kappa shape index (κ3) is 2.83. The Kier molecular flexibility index (Phi) is 3.97. The average molecular weight is 260 g/mol. The Labute approximate surface area is 111 Å². The summed E-state index contributed by atoms with van der Waals surface area (Å²) in [6.07, 6.45) is 0.796. The van der Waals surface area contributed by atoms with Crippen LogP contribution in [0.25, 0.3) is 5.53 Å². The smallest absolute Gasteiger partial charge is 0.417 e. The largest absolute Gasteiger partial charge is 0.497 e. The van der Waals surface area contributed by atoms with Crippen molar-refractivity contribution in [2.75, 3.05) is 13.7 Å². The van der Waals surface area contributed by atoms with Gasteiger partial charge in [-0.15, -0.1) is 0 Å². The quantitative estimate of drug-likeness (QED) is 0.352. The fourth-order valence-corrected chi connectivity index (χ4v) is 2.19. The van der Waals surface area contributed by atoms with Crippen LogP contribution >= 0.6 is 0 Å². The van der Waals surface area contributed by atoms with Crippen LogP contribution in [0.1, 0.15) is 24.8 Å². The summed E-state index contributed by atoms with van der Waals surface area (Å²) in [5.41, 5.74) is 10.2. The molecule has 0 radical (unpaired) electrons. The van der Waals surface area contributed by atoms with Gasteiger partial charge in [-0.2, -0.15) is 4.79 Å². The van der Waals surface area contributed by atoms with E-state index in [9.17, 15) is 4.79 Å². The van der Waals surface area contributed by atoms with Crippen LogP contribution in [-0.2, 0) is 9.53 Å². The van der Waals surface area contributed by atoms with Gasteiger partial charge in [0.05, 0.1) is 19.6 Å². The van der Waals surface area contributed by atoms with E-state index in [0.717, 1.165) is 17.7 Å². The lowest BCUT2D eigenvalue weighted by molar-refractivity contribution is -0.140. The van der Waals surface area contributed by atoms with Crippen LogP contribution in [0.5, 0.6) is 5.75 Å². The predicted molar refractivity (Wildman–Crippen MR) is 69.1 cm³/mol. The van der Waals surface area contributed by atoms with Gasteiger partial charge >= 0.3 is 11.7 Å². The van der Waals surface area contributed by atoms with E-state index < -0.39 is 5.97 Å². The van der Waals surface area contributed by atoms with Crippen LogP contribution in [0.3, 0.4) is 0 Å². The molecule has 1 unspecified atom stereocenters. The summed E-state index contributed by atoms with van der Waals surface area (Å²) < 4.78 is 9.96. The highest BCUT2D eigenvalue weighted by Crippen LogP contribution is 2.48. The van der Waals surface area contributed by atoms with Gasteiger partial charge in [-0.3, -0.25) is 0 Å². The highest BCUT2D eigenvalue weighted by Gasteiger charge is 2.50. The number of benzene rings is 1. The number of rotatable bonds is 5. The first-order chi connectivity index (χ1) is 9.21. The van der Waals surface area contributed by atoms with Crippen LogP contribution in [0, 0.1) is 5.92 Å². The molecule has 1 fully saturated rings. The van der Waals surface area contributed by atoms with Gasteiger partial charge in [-0.05, 0) is 37.0 Å². The second-order valence-corrected chi connectivity index (χ2v) is 4.43. The minimum atomic E-state index is -0.536. The van der Waals surface area contributed by atoms with Gasteiger partial charge in [0, 0.05) is 0 Å². The van der Waals surface area contributed by atoms with Crippen LogP contribution in [-0.4, -0.2) is 30.2 Å². The number of hydrogen-bond acceptors (Lipinski definition) is 3. The second kappa shape index (κ2) is 5.67. The summed E-state index contributed by atoms with van der Waals surface area (Å²) in [4.78, 5) is 14.7. The molecule has 100 valence electrons. The molecule has 0 saturated heterocycles. The molecule has 0 N–H and O–H groups in total. The van der Waals surface area contributed by atoms with Crippen molar-refractivity contribution >= 4 is 11.7 Å². The van der Waals surface area contributed by atoms with Gasteiger partial charge in [-0.25, -0.2) is 4.79 Å². The summed E-state index contributed by atoms with van der Waals surface area (Å²) >= 11 is 0. The van der Waals surface area contributed by atoms with Crippen molar-refractivity contribution in [2.45, 2.75) is 19.3 Å². The molecule has 0 amide bonds. The maximum absolute atomic E-state index is 11.6. The normalized spacial score (nSPS) is 20.3. The Bertz CT molecular complexity index is 518. The molecule has 1 saturated carbocycles. The molecule has 19 heavy (non-hydrogen) atoms. The van der Waals surface area contributed by atoms with Crippen molar-refractivity contribution < 1.29 is 19.1 Å². The summed E-state index contributed by atoms with van der Waals surface area (Å²) in [5, 5.41) is 0. The monoisotopic (exact) mass is 260 g/mol. The summed E-state index contributed by atoms with van der Waals surface area (Å²) in [6, 6.07) is 7.68. The lowest BCUT2D eigenvalue weighted by atomic mass is 10.1. The van der Waals surface area contributed by atoms with Crippen LogP contribution in [0.15, 0.2) is 24.3 Å². The molecule has 0 aromatic heterocycles. The molecule has 0 spiro atoms. The third-order valence-electron chi connectivity index (χ3n) is 3.28. The van der Waals surface area contributed by atoms with Gasteiger partial charge in [0.15, 0.2) is 0 Å². The van der Waals surface area contributed by atoms with E-state index in [2.05, 4.69) is 4.79 Å². The number of methoxy groups -OCH3 is 1. The van der Waals surface area contributed by atoms with Crippen molar-refractivity contribution in [3.63, 3.8) is 0 Å². The van der Waals surface area contributed by atoms with Crippen LogP contribution in [0.2, 0.25) is 0 Å². The van der Waals surface area contributed by atoms with E-state index >= 15 is 0 Å². The van der Waals surface area contributed by atoms with Crippen molar-refractivity contribution in [3.05, 3.63) is 35.4 Å². The number of carbonyl (C=O) groups is 1. The van der Waals surface area contributed by atoms with E-state index in [-0.39, 0.29) is 24.2 Å². The van der Waals surface area contributed by atoms with Crippen molar-refractivity contribution in [1.82, 2.24) is 0 Å². The van der Waals surface area contributed by atoms with Gasteiger partial charge < -0.3 is 15.0 Å². The van der Waals surface area contributed by atoms with E-state index in [1.54, 1.807) is 14.0 Å². The molecule has 2 rings (SSSR count). The van der Waals surface area contributed by atoms with E-state index in [1.807, 2.05) is 24.3 Å². The third-order valence-corrected chi connectivity index (χ3v) is 3.28. The number of carbonyl (C=O) groups excluding carboxylic acids is 1. The van der Waals surface area contributed by atoms with Crippen LogP contribution in [0.4, 0.5) is 0 Å². The lowest BCUT2D eigenvalue weighted by Gasteiger charge is -2.02. The molecule has 2 atom stereocenters. The average Bonchev–Trinajstić information content (AvgIpc) is 3.20. The van der Waals surface area contributed by atoms with E-state index in [4.69, 9.17) is 15.0 Å². The number of hydrogen-bond donors (Lipinski definition) is 0. The SMILES string of the molecule is CCOC(=O)C(=[N+]=[N-])[C@H]1CC1c1ccc(OC)cc1. The van der Waals surface area contributed by atoms with Gasteiger partial charge in [0.25, 0.3) is 0 Å². The first-order valence-corrected chi connectivity index (χ1v) is 6.24. The zero-order valence-corrected chi connectivity index (χ0v) is 11.0. The number of esters is 1. The molecular formula is C14H16N2O3. The standard InChI is InChI=1S/C14H16N2O3/c1-3-19-14(17)13(16-15)12-8-11(12)9-4-6-10(18-2)7-5-9/h4-7,11-12H,3,8H2,1-2H3/t11?,12-/m0/s1. The molecule has 1 aromatic rings. The number of ether oxygens (including phenoxy) is 2. The Morgan fingerprint density at radius 3 is 2.63 bits per heavy atom. The molecule has 1 aromatic carbocycles. The fraction of sp³-hybridized carbons (Fsp3) is 0.429. The van der Waals surface area contributed by atoms with Crippen molar-refractivity contribution in [3.8, 4) is 5.75 Å². The summed E-state index contributed by atoms with van der Waals surface area (Å²) in [5.74, 6) is 0.409. The minimum Gasteiger partial charge on any atom is -0.497 e. The maximum atomic E-state index is 11.6. The van der Waals surface area contributed by atoms with E-state index in [0.29, 0.717) is 0 Å². The number of nitrogens with zero attached hydrogens (tertiary/aromatic N) is 2. The fourth-order valence-electron chi connectivity index (χ4n) is 2.19. The van der Waals surface area contributed by atoms with Crippen molar-refractivity contribution in [2.24, 2.45) is 5.92 Å². The molecule has 5 heteroatoms. The first-order valence-electron chi connectivity index (χ1n) is 6.24. The predicted octanol–water partition coefficient (Wildman–Crippen LogP) is 2.03. The Hall–Kier alpha value is -2.13. The highest BCUT2D eigenvalue weighted by molar-refractivity contribution is 6.35. The Morgan fingerprint density at radius 1 is 1.42 bits per heavy atom. The minimum absolute atomic E-state index is 0.0579. The van der Waals surface area contributed by atoms with Gasteiger partial charge in [-0.1, -0.05) is 12.1 Å². The molecule has 0 aliphatic heterocycles. The molecule has 5 nitrogen and oxygen atoms in total. The molecule has 0 bridgehead atoms. The highest BCUT2D eigenvalue weighted by atomic mass is 16.5. The zero-order chi connectivity index (χ0) is 13.8. The lowest BCUT2D eigenvalue weighted by Crippen LogP contribution is -2.21. The van der Waals surface area contributed by atoms with Gasteiger partial charge in [0.1, 0.15) is 5.75 Å². The Morgan fingerprint density at radius 2 is 2.11 bits per heavy atom. The molecule has 0 heterocycles. The van der Waals surface area contributed by atoms with E-state index in [1.165, 1.54) is 0 Å². The Balaban J connectivity index is 2.06. The molecular weight excluding hydrogens is 244 g/mol. The maximum Gasteiger partial charge on any atom is 0.417 e. The van der Waals surface area contributed by atoms with Crippen molar-refractivity contribution in [1.29, 1.82) is 0 Å². The second-order valence-electron chi connectivity index (χ2n) is 4.43. The summed E-state index contributed by atoms with van der Waals surface area (Å²) in [6.45, 7) is 2.00. The van der Waals surface area contributed by atoms with Gasteiger partial charge in [0.2, 0.25) is 0 Å².